The number of hydrogen-bond acceptors (Lipinski definition) is 0. The van der Waals surface area contributed by atoms with Crippen molar-refractivity contribution in [1.29, 1.82) is 0 Å². The molecule has 1 aliphatic carbocycles. The average molecular weight is 176 g/mol. The average Bonchev–Trinajstić information content (AvgIpc) is 2.22. The normalized spacial score (nSPS) is 19.8. The second-order valence-corrected chi connectivity index (χ2v) is 3.49. The first-order valence-corrected chi connectivity index (χ1v) is 5.46. The van der Waals surface area contributed by atoms with Crippen LogP contribution in [0.15, 0.2) is 24.3 Å². The molecule has 1 aliphatic rings. The minimum atomic E-state index is 0.792. The molecule has 1 atom stereocenters. The van der Waals surface area contributed by atoms with Crippen molar-refractivity contribution in [2.45, 2.75) is 46.0 Å². The molecular weight excluding hydrogens is 156 g/mol. The minimum Gasteiger partial charge on any atom is -0.0683 e. The van der Waals surface area contributed by atoms with Crippen molar-refractivity contribution < 1.29 is 0 Å². The molecule has 0 saturated carbocycles. The Morgan fingerprint density at radius 2 is 1.85 bits per heavy atom. The fourth-order valence-electron chi connectivity index (χ4n) is 2.00. The number of fused-ring (bicyclic) bond motifs is 1. The Labute approximate surface area is 82.0 Å². The summed E-state index contributed by atoms with van der Waals surface area (Å²) in [6.45, 7) is 6.33. The molecule has 2 rings (SSSR count). The Hall–Kier alpha value is -0.780. The van der Waals surface area contributed by atoms with Gasteiger partial charge in [0.1, 0.15) is 0 Å². The van der Waals surface area contributed by atoms with Crippen LogP contribution in [0.5, 0.6) is 0 Å². The summed E-state index contributed by atoms with van der Waals surface area (Å²) in [5.41, 5.74) is 3.16. The first-order chi connectivity index (χ1) is 6.38. The van der Waals surface area contributed by atoms with E-state index >= 15 is 0 Å². The van der Waals surface area contributed by atoms with Crippen molar-refractivity contribution in [3.63, 3.8) is 0 Å². The second-order valence-electron chi connectivity index (χ2n) is 3.49. The van der Waals surface area contributed by atoms with E-state index in [1.54, 1.807) is 11.1 Å². The third-order valence-electron chi connectivity index (χ3n) is 2.67. The monoisotopic (exact) mass is 176 g/mol. The highest BCUT2D eigenvalue weighted by atomic mass is 14.2. The van der Waals surface area contributed by atoms with Crippen molar-refractivity contribution in [3.8, 4) is 0 Å². The summed E-state index contributed by atoms with van der Waals surface area (Å²) < 4.78 is 0. The lowest BCUT2D eigenvalue weighted by Crippen LogP contribution is -2.05. The molecule has 0 heteroatoms. The van der Waals surface area contributed by atoms with Crippen molar-refractivity contribution >= 4 is 0 Å². The number of benzene rings is 1. The SMILES string of the molecule is CC.CC1CCCc2ccccc21. The number of hydrogen-bond donors (Lipinski definition) is 0. The van der Waals surface area contributed by atoms with E-state index in [1.807, 2.05) is 13.8 Å². The standard InChI is InChI=1S/C11H14.C2H6/c1-9-5-4-7-10-6-2-3-8-11(9)10;1-2/h2-3,6,8-9H,4-5,7H2,1H3;1-2H3. The maximum Gasteiger partial charge on any atom is -0.0188 e. The van der Waals surface area contributed by atoms with Crippen LogP contribution >= 0.6 is 0 Å². The summed E-state index contributed by atoms with van der Waals surface area (Å²) in [4.78, 5) is 0. The highest BCUT2D eigenvalue weighted by Gasteiger charge is 2.14. The summed E-state index contributed by atoms with van der Waals surface area (Å²) >= 11 is 0. The van der Waals surface area contributed by atoms with Crippen LogP contribution in [0.4, 0.5) is 0 Å². The van der Waals surface area contributed by atoms with Gasteiger partial charge in [0.25, 0.3) is 0 Å². The molecule has 0 spiro atoms. The molecule has 0 nitrogen and oxygen atoms in total. The summed E-state index contributed by atoms with van der Waals surface area (Å²) in [6, 6.07) is 8.85. The van der Waals surface area contributed by atoms with Gasteiger partial charge in [-0.15, -0.1) is 0 Å². The largest absolute Gasteiger partial charge is 0.0683 e. The topological polar surface area (TPSA) is 0 Å². The molecule has 0 aromatic heterocycles. The van der Waals surface area contributed by atoms with Gasteiger partial charge < -0.3 is 0 Å². The zero-order valence-corrected chi connectivity index (χ0v) is 9.01. The maximum absolute atomic E-state index is 2.33. The van der Waals surface area contributed by atoms with Crippen LogP contribution in [0.2, 0.25) is 0 Å². The molecule has 0 saturated heterocycles. The van der Waals surface area contributed by atoms with Crippen molar-refractivity contribution in [2.75, 3.05) is 0 Å². The third-order valence-corrected chi connectivity index (χ3v) is 2.67. The van der Waals surface area contributed by atoms with Gasteiger partial charge in [0.2, 0.25) is 0 Å². The quantitative estimate of drug-likeness (QED) is 0.557. The molecule has 13 heavy (non-hydrogen) atoms. The van der Waals surface area contributed by atoms with Crippen LogP contribution in [0.1, 0.15) is 50.7 Å². The number of rotatable bonds is 0. The van der Waals surface area contributed by atoms with Crippen molar-refractivity contribution in [1.82, 2.24) is 0 Å². The summed E-state index contributed by atoms with van der Waals surface area (Å²) in [5.74, 6) is 0.792. The Balaban J connectivity index is 0.000000396. The molecular formula is C13H20. The van der Waals surface area contributed by atoms with Crippen LogP contribution in [0.25, 0.3) is 0 Å². The smallest absolute Gasteiger partial charge is 0.0188 e. The molecule has 0 heterocycles. The lowest BCUT2D eigenvalue weighted by atomic mass is 9.84. The van der Waals surface area contributed by atoms with Gasteiger partial charge in [-0.25, -0.2) is 0 Å². The van der Waals surface area contributed by atoms with Crippen LogP contribution < -0.4 is 0 Å². The predicted octanol–water partition coefficient (Wildman–Crippen LogP) is 4.15. The molecule has 0 N–H and O–H groups in total. The van der Waals surface area contributed by atoms with E-state index in [4.69, 9.17) is 0 Å². The fraction of sp³-hybridized carbons (Fsp3) is 0.538. The lowest BCUT2D eigenvalue weighted by molar-refractivity contribution is 0.590. The summed E-state index contributed by atoms with van der Waals surface area (Å²) in [7, 11) is 0. The highest BCUT2D eigenvalue weighted by molar-refractivity contribution is 5.31. The van der Waals surface area contributed by atoms with Crippen LogP contribution in [0, 0.1) is 0 Å². The van der Waals surface area contributed by atoms with E-state index in [-0.39, 0.29) is 0 Å². The van der Waals surface area contributed by atoms with Crippen LogP contribution in [0.3, 0.4) is 0 Å². The van der Waals surface area contributed by atoms with E-state index in [9.17, 15) is 0 Å². The second kappa shape index (κ2) is 5.06. The number of aryl methyl sites for hydroxylation is 1. The first-order valence-electron chi connectivity index (χ1n) is 5.46. The Morgan fingerprint density at radius 1 is 1.15 bits per heavy atom. The zero-order valence-electron chi connectivity index (χ0n) is 9.01. The molecule has 1 aromatic rings. The molecule has 0 aliphatic heterocycles. The maximum atomic E-state index is 2.33. The van der Waals surface area contributed by atoms with E-state index in [2.05, 4.69) is 31.2 Å². The van der Waals surface area contributed by atoms with E-state index in [1.165, 1.54) is 19.3 Å². The Morgan fingerprint density at radius 3 is 2.54 bits per heavy atom. The van der Waals surface area contributed by atoms with Gasteiger partial charge in [-0.3, -0.25) is 0 Å². The van der Waals surface area contributed by atoms with Crippen LogP contribution in [-0.2, 0) is 6.42 Å². The lowest BCUT2D eigenvalue weighted by Gasteiger charge is -2.21. The van der Waals surface area contributed by atoms with E-state index in [0.29, 0.717) is 0 Å². The molecule has 0 radical (unpaired) electrons. The van der Waals surface area contributed by atoms with Crippen molar-refractivity contribution in [2.24, 2.45) is 0 Å². The van der Waals surface area contributed by atoms with Gasteiger partial charge in [0, 0.05) is 0 Å². The molecule has 0 amide bonds. The van der Waals surface area contributed by atoms with Crippen molar-refractivity contribution in [3.05, 3.63) is 35.4 Å². The van der Waals surface area contributed by atoms with E-state index in [0.717, 1.165) is 5.92 Å². The summed E-state index contributed by atoms with van der Waals surface area (Å²) in [6.07, 6.45) is 4.04. The van der Waals surface area contributed by atoms with Gasteiger partial charge in [0.15, 0.2) is 0 Å². The van der Waals surface area contributed by atoms with Gasteiger partial charge in [0.05, 0.1) is 0 Å². The fourth-order valence-corrected chi connectivity index (χ4v) is 2.00. The predicted molar refractivity (Wildman–Crippen MR) is 59.1 cm³/mol. The zero-order chi connectivity index (χ0) is 9.68. The minimum absolute atomic E-state index is 0.792. The molecule has 72 valence electrons. The van der Waals surface area contributed by atoms with Gasteiger partial charge >= 0.3 is 0 Å². The molecule has 0 bridgehead atoms. The Kier molecular flexibility index (Phi) is 4.01. The first kappa shape index (κ1) is 10.3. The van der Waals surface area contributed by atoms with Gasteiger partial charge in [-0.05, 0) is 36.3 Å². The summed E-state index contributed by atoms with van der Waals surface area (Å²) in [5, 5.41) is 0. The van der Waals surface area contributed by atoms with Gasteiger partial charge in [-0.1, -0.05) is 45.0 Å². The van der Waals surface area contributed by atoms with E-state index < -0.39 is 0 Å². The van der Waals surface area contributed by atoms with Crippen LogP contribution in [-0.4, -0.2) is 0 Å². The Bertz CT molecular complexity index is 250. The van der Waals surface area contributed by atoms with Gasteiger partial charge in [-0.2, -0.15) is 0 Å². The molecule has 1 unspecified atom stereocenters. The highest BCUT2D eigenvalue weighted by Crippen LogP contribution is 2.30. The third kappa shape index (κ3) is 2.33. The molecule has 1 aromatic carbocycles. The molecule has 0 fully saturated rings.